The fourth-order valence-corrected chi connectivity index (χ4v) is 2.01. The Balaban J connectivity index is 2.67. The molecule has 0 amide bonds. The van der Waals surface area contributed by atoms with Crippen molar-refractivity contribution in [3.63, 3.8) is 0 Å². The van der Waals surface area contributed by atoms with E-state index in [4.69, 9.17) is 5.26 Å². The van der Waals surface area contributed by atoms with Crippen LogP contribution in [0, 0.1) is 18.3 Å². The molecule has 1 heterocycles. The number of H-pyrrole nitrogens is 1. The lowest BCUT2D eigenvalue weighted by molar-refractivity contribution is 1.14. The average Bonchev–Trinajstić information content (AvgIpc) is 2.41. The van der Waals surface area contributed by atoms with Crippen LogP contribution in [0.25, 0.3) is 11.1 Å². The molecule has 0 atom stereocenters. The van der Waals surface area contributed by atoms with Gasteiger partial charge in [0.1, 0.15) is 11.6 Å². The topological polar surface area (TPSA) is 56.6 Å². The Kier molecular flexibility index (Phi) is 3.29. The van der Waals surface area contributed by atoms with Gasteiger partial charge in [0.15, 0.2) is 0 Å². The lowest BCUT2D eigenvalue weighted by Gasteiger charge is -2.08. The molecule has 1 aromatic heterocycles. The van der Waals surface area contributed by atoms with E-state index in [1.165, 1.54) is 5.56 Å². The van der Waals surface area contributed by atoms with Crippen LogP contribution in [0.4, 0.5) is 0 Å². The molecule has 0 saturated heterocycles. The van der Waals surface area contributed by atoms with Crippen LogP contribution in [0.5, 0.6) is 0 Å². The third-order valence-corrected chi connectivity index (χ3v) is 3.05. The van der Waals surface area contributed by atoms with Crippen LogP contribution in [-0.2, 0) is 6.42 Å². The van der Waals surface area contributed by atoms with E-state index in [-0.39, 0.29) is 11.1 Å². The Bertz CT molecular complexity index is 660. The second-order valence-corrected chi connectivity index (χ2v) is 4.21. The Hall–Kier alpha value is -2.34. The molecule has 0 aliphatic carbocycles. The van der Waals surface area contributed by atoms with Crippen molar-refractivity contribution in [2.75, 3.05) is 0 Å². The highest BCUT2D eigenvalue weighted by atomic mass is 16.1. The first-order valence-corrected chi connectivity index (χ1v) is 5.89. The highest BCUT2D eigenvalue weighted by Gasteiger charge is 2.11. The zero-order chi connectivity index (χ0) is 13.1. The van der Waals surface area contributed by atoms with Gasteiger partial charge in [0, 0.05) is 11.8 Å². The van der Waals surface area contributed by atoms with E-state index in [0.717, 1.165) is 23.1 Å². The molecule has 3 heteroatoms. The molecule has 0 fully saturated rings. The van der Waals surface area contributed by atoms with Gasteiger partial charge in [0.05, 0.1) is 0 Å². The van der Waals surface area contributed by atoms with E-state index in [2.05, 4.69) is 11.9 Å². The van der Waals surface area contributed by atoms with Crippen molar-refractivity contribution in [1.29, 1.82) is 5.26 Å². The van der Waals surface area contributed by atoms with Gasteiger partial charge in [-0.1, -0.05) is 31.2 Å². The van der Waals surface area contributed by atoms with E-state index in [0.29, 0.717) is 0 Å². The summed E-state index contributed by atoms with van der Waals surface area (Å²) < 4.78 is 0. The monoisotopic (exact) mass is 238 g/mol. The van der Waals surface area contributed by atoms with E-state index >= 15 is 0 Å². The molecular formula is C15H14N2O. The number of nitriles is 1. The second kappa shape index (κ2) is 4.89. The zero-order valence-electron chi connectivity index (χ0n) is 10.4. The van der Waals surface area contributed by atoms with Crippen molar-refractivity contribution < 1.29 is 0 Å². The minimum atomic E-state index is -0.335. The van der Waals surface area contributed by atoms with Crippen LogP contribution in [0.3, 0.4) is 0 Å². The molecule has 0 radical (unpaired) electrons. The molecule has 18 heavy (non-hydrogen) atoms. The number of aryl methyl sites for hydroxylation is 2. The number of aromatic nitrogens is 1. The van der Waals surface area contributed by atoms with Gasteiger partial charge < -0.3 is 4.98 Å². The fourth-order valence-electron chi connectivity index (χ4n) is 2.01. The molecule has 3 nitrogen and oxygen atoms in total. The zero-order valence-corrected chi connectivity index (χ0v) is 10.4. The number of hydrogen-bond donors (Lipinski definition) is 1. The van der Waals surface area contributed by atoms with Gasteiger partial charge in [0.25, 0.3) is 5.56 Å². The SMILES string of the molecule is CCc1ccc(-c2c(C)c[nH]c(=O)c2C#N)cc1. The first-order chi connectivity index (χ1) is 8.67. The average molecular weight is 238 g/mol. The molecule has 0 aliphatic heterocycles. The maximum atomic E-state index is 11.6. The molecule has 0 saturated carbocycles. The number of pyridine rings is 1. The quantitative estimate of drug-likeness (QED) is 0.874. The van der Waals surface area contributed by atoms with Crippen LogP contribution < -0.4 is 5.56 Å². The van der Waals surface area contributed by atoms with Crippen molar-refractivity contribution in [2.45, 2.75) is 20.3 Å². The van der Waals surface area contributed by atoms with Gasteiger partial charge in [-0.2, -0.15) is 5.26 Å². The van der Waals surface area contributed by atoms with Crippen LogP contribution in [0.15, 0.2) is 35.3 Å². The number of rotatable bonds is 2. The first kappa shape index (κ1) is 12.1. The van der Waals surface area contributed by atoms with Gasteiger partial charge >= 0.3 is 0 Å². The maximum Gasteiger partial charge on any atom is 0.266 e. The normalized spacial score (nSPS) is 10.1. The maximum absolute atomic E-state index is 11.6. The van der Waals surface area contributed by atoms with E-state index in [1.807, 2.05) is 37.3 Å². The predicted molar refractivity (Wildman–Crippen MR) is 71.3 cm³/mol. The van der Waals surface area contributed by atoms with Gasteiger partial charge in [0.2, 0.25) is 0 Å². The van der Waals surface area contributed by atoms with Crippen LogP contribution >= 0.6 is 0 Å². The third-order valence-electron chi connectivity index (χ3n) is 3.05. The molecule has 0 spiro atoms. The highest BCUT2D eigenvalue weighted by molar-refractivity contribution is 5.73. The summed E-state index contributed by atoms with van der Waals surface area (Å²) in [6.45, 7) is 3.98. The Morgan fingerprint density at radius 2 is 1.94 bits per heavy atom. The first-order valence-electron chi connectivity index (χ1n) is 5.89. The Morgan fingerprint density at radius 1 is 1.28 bits per heavy atom. The van der Waals surface area contributed by atoms with E-state index < -0.39 is 0 Å². The van der Waals surface area contributed by atoms with E-state index in [9.17, 15) is 4.79 Å². The standard InChI is InChI=1S/C15H14N2O/c1-3-11-4-6-12(7-5-11)14-10(2)9-17-15(18)13(14)8-16/h4-7,9H,3H2,1-2H3,(H,17,18). The summed E-state index contributed by atoms with van der Waals surface area (Å²) in [5, 5.41) is 9.12. The van der Waals surface area contributed by atoms with Crippen molar-refractivity contribution in [1.82, 2.24) is 4.98 Å². The molecule has 1 N–H and O–H groups in total. The fraction of sp³-hybridized carbons (Fsp3) is 0.200. The number of benzene rings is 1. The van der Waals surface area contributed by atoms with Crippen molar-refractivity contribution in [2.24, 2.45) is 0 Å². The van der Waals surface area contributed by atoms with Crippen molar-refractivity contribution in [3.05, 3.63) is 57.5 Å². The third kappa shape index (κ3) is 2.05. The van der Waals surface area contributed by atoms with Gasteiger partial charge in [-0.15, -0.1) is 0 Å². The highest BCUT2D eigenvalue weighted by Crippen LogP contribution is 2.25. The summed E-state index contributed by atoms with van der Waals surface area (Å²) in [5.74, 6) is 0. The summed E-state index contributed by atoms with van der Waals surface area (Å²) in [6.07, 6.45) is 2.62. The summed E-state index contributed by atoms with van der Waals surface area (Å²) >= 11 is 0. The molecule has 2 rings (SSSR count). The molecular weight excluding hydrogens is 224 g/mol. The molecule has 1 aromatic carbocycles. The summed E-state index contributed by atoms with van der Waals surface area (Å²) in [4.78, 5) is 14.2. The lowest BCUT2D eigenvalue weighted by atomic mass is 9.96. The number of nitrogens with one attached hydrogen (secondary N) is 1. The minimum Gasteiger partial charge on any atom is -0.328 e. The lowest BCUT2D eigenvalue weighted by Crippen LogP contribution is -2.12. The Labute approximate surface area is 106 Å². The summed E-state index contributed by atoms with van der Waals surface area (Å²) in [5.41, 5.74) is 3.61. The predicted octanol–water partition coefficient (Wildman–Crippen LogP) is 2.78. The van der Waals surface area contributed by atoms with Crippen LogP contribution in [0.2, 0.25) is 0 Å². The minimum absolute atomic E-state index is 0.180. The van der Waals surface area contributed by atoms with Gasteiger partial charge in [-0.25, -0.2) is 0 Å². The molecule has 0 bridgehead atoms. The van der Waals surface area contributed by atoms with E-state index in [1.54, 1.807) is 6.20 Å². The number of hydrogen-bond acceptors (Lipinski definition) is 2. The summed E-state index contributed by atoms with van der Waals surface area (Å²) in [7, 11) is 0. The van der Waals surface area contributed by atoms with Crippen molar-refractivity contribution >= 4 is 0 Å². The van der Waals surface area contributed by atoms with Crippen LogP contribution in [0.1, 0.15) is 23.6 Å². The number of nitrogens with zero attached hydrogens (tertiary/aromatic N) is 1. The molecule has 0 unspecified atom stereocenters. The van der Waals surface area contributed by atoms with Gasteiger partial charge in [-0.3, -0.25) is 4.79 Å². The summed E-state index contributed by atoms with van der Waals surface area (Å²) in [6, 6.07) is 9.96. The van der Waals surface area contributed by atoms with Crippen molar-refractivity contribution in [3.8, 4) is 17.2 Å². The molecule has 90 valence electrons. The second-order valence-electron chi connectivity index (χ2n) is 4.21. The largest absolute Gasteiger partial charge is 0.328 e. The molecule has 2 aromatic rings. The smallest absolute Gasteiger partial charge is 0.266 e. The molecule has 0 aliphatic rings. The Morgan fingerprint density at radius 3 is 2.50 bits per heavy atom. The number of aromatic amines is 1. The van der Waals surface area contributed by atoms with Gasteiger partial charge in [-0.05, 0) is 30.0 Å². The van der Waals surface area contributed by atoms with Crippen LogP contribution in [-0.4, -0.2) is 4.98 Å².